The summed E-state index contributed by atoms with van der Waals surface area (Å²) >= 11 is 0. The van der Waals surface area contributed by atoms with E-state index >= 15 is 0 Å². The lowest BCUT2D eigenvalue weighted by Crippen LogP contribution is -2.17. The van der Waals surface area contributed by atoms with Gasteiger partial charge in [-0.1, -0.05) is 18.2 Å². The van der Waals surface area contributed by atoms with Gasteiger partial charge in [-0.2, -0.15) is 0 Å². The molecule has 1 heterocycles. The number of rotatable bonds is 3. The fourth-order valence-corrected chi connectivity index (χ4v) is 2.51. The van der Waals surface area contributed by atoms with Gasteiger partial charge in [-0.05, 0) is 62.9 Å². The van der Waals surface area contributed by atoms with Gasteiger partial charge in [0.2, 0.25) is 0 Å². The number of hydrogen-bond donors (Lipinski definition) is 1. The molecule has 0 spiro atoms. The number of aliphatic hydroxyl groups is 1. The Morgan fingerprint density at radius 3 is 2.94 bits per heavy atom. The van der Waals surface area contributed by atoms with Crippen molar-refractivity contribution >= 4 is 0 Å². The molecule has 2 heteroatoms. The van der Waals surface area contributed by atoms with Crippen molar-refractivity contribution in [3.8, 4) is 0 Å². The highest BCUT2D eigenvalue weighted by molar-refractivity contribution is 5.33. The topological polar surface area (TPSA) is 23.5 Å². The fraction of sp³-hybridized carbons (Fsp3) is 0.600. The zero-order chi connectivity index (χ0) is 12.3. The number of benzene rings is 1. The van der Waals surface area contributed by atoms with E-state index in [9.17, 15) is 5.11 Å². The van der Waals surface area contributed by atoms with Crippen molar-refractivity contribution < 1.29 is 5.11 Å². The predicted molar refractivity (Wildman–Crippen MR) is 71.1 cm³/mol. The van der Waals surface area contributed by atoms with Gasteiger partial charge in [0.1, 0.15) is 0 Å². The minimum atomic E-state index is -0.198. The van der Waals surface area contributed by atoms with E-state index in [1.54, 1.807) is 0 Å². The Hall–Kier alpha value is -0.860. The van der Waals surface area contributed by atoms with Gasteiger partial charge in [-0.15, -0.1) is 0 Å². The normalized spacial score (nSPS) is 18.5. The summed E-state index contributed by atoms with van der Waals surface area (Å²) in [6.07, 6.45) is 4.10. The highest BCUT2D eigenvalue weighted by atomic mass is 16.3. The Labute approximate surface area is 104 Å². The van der Waals surface area contributed by atoms with Crippen molar-refractivity contribution in [3.05, 3.63) is 34.9 Å². The van der Waals surface area contributed by atoms with Crippen LogP contribution < -0.4 is 0 Å². The van der Waals surface area contributed by atoms with Gasteiger partial charge >= 0.3 is 0 Å². The van der Waals surface area contributed by atoms with Gasteiger partial charge in [0.15, 0.2) is 0 Å². The van der Waals surface area contributed by atoms with Crippen LogP contribution in [-0.2, 0) is 19.4 Å². The molecule has 0 saturated carbocycles. The van der Waals surface area contributed by atoms with Crippen molar-refractivity contribution in [2.75, 3.05) is 13.6 Å². The molecule has 2 nitrogen and oxygen atoms in total. The van der Waals surface area contributed by atoms with Crippen LogP contribution in [-0.4, -0.2) is 29.7 Å². The van der Waals surface area contributed by atoms with Crippen molar-refractivity contribution in [2.24, 2.45) is 0 Å². The van der Waals surface area contributed by atoms with Crippen LogP contribution >= 0.6 is 0 Å². The molecule has 0 aromatic heterocycles. The van der Waals surface area contributed by atoms with E-state index in [1.165, 1.54) is 36.1 Å². The van der Waals surface area contributed by atoms with Gasteiger partial charge in [-0.25, -0.2) is 0 Å². The summed E-state index contributed by atoms with van der Waals surface area (Å²) in [4.78, 5) is 2.39. The average molecular weight is 233 g/mol. The molecular weight excluding hydrogens is 210 g/mol. The van der Waals surface area contributed by atoms with E-state index in [-0.39, 0.29) is 6.10 Å². The maximum atomic E-state index is 9.33. The summed E-state index contributed by atoms with van der Waals surface area (Å²) in [5.74, 6) is 0. The molecule has 17 heavy (non-hydrogen) atoms. The lowest BCUT2D eigenvalue weighted by Gasteiger charge is -2.14. The highest BCUT2D eigenvalue weighted by Crippen LogP contribution is 2.20. The molecule has 0 radical (unpaired) electrons. The van der Waals surface area contributed by atoms with Crippen molar-refractivity contribution in [3.63, 3.8) is 0 Å². The van der Waals surface area contributed by atoms with Crippen LogP contribution in [0.5, 0.6) is 0 Å². The quantitative estimate of drug-likeness (QED) is 0.866. The molecule has 1 aromatic rings. The summed E-state index contributed by atoms with van der Waals surface area (Å²) < 4.78 is 0. The first kappa shape index (κ1) is 12.6. The molecule has 94 valence electrons. The smallest absolute Gasteiger partial charge is 0.0515 e. The molecule has 1 N–H and O–H groups in total. The third kappa shape index (κ3) is 3.55. The summed E-state index contributed by atoms with van der Waals surface area (Å²) in [5.41, 5.74) is 4.35. The summed E-state index contributed by atoms with van der Waals surface area (Å²) in [6, 6.07) is 6.85. The number of fused-ring (bicyclic) bond motifs is 1. The lowest BCUT2D eigenvalue weighted by molar-refractivity contribution is 0.185. The van der Waals surface area contributed by atoms with E-state index in [4.69, 9.17) is 0 Å². The lowest BCUT2D eigenvalue weighted by atomic mass is 9.98. The standard InChI is InChI=1S/C15H23NO/c1-12(17)5-6-13-7-8-14-4-3-9-16(2)11-15(14)10-13/h7-8,10,12,17H,3-6,9,11H2,1-2H3. The molecule has 1 aromatic carbocycles. The van der Waals surface area contributed by atoms with E-state index < -0.39 is 0 Å². The van der Waals surface area contributed by atoms with Crippen molar-refractivity contribution in [1.82, 2.24) is 4.90 Å². The third-order valence-corrected chi connectivity index (χ3v) is 3.55. The Morgan fingerprint density at radius 1 is 1.35 bits per heavy atom. The van der Waals surface area contributed by atoms with E-state index in [1.807, 2.05) is 6.92 Å². The maximum absolute atomic E-state index is 9.33. The largest absolute Gasteiger partial charge is 0.393 e. The molecule has 0 saturated heterocycles. The minimum absolute atomic E-state index is 0.198. The summed E-state index contributed by atoms with van der Waals surface area (Å²) in [7, 11) is 2.19. The van der Waals surface area contributed by atoms with E-state index in [2.05, 4.69) is 30.1 Å². The first-order valence-electron chi connectivity index (χ1n) is 6.62. The second-order valence-electron chi connectivity index (χ2n) is 5.33. The first-order chi connectivity index (χ1) is 8.15. The molecule has 1 unspecified atom stereocenters. The van der Waals surface area contributed by atoms with Gasteiger partial charge in [-0.3, -0.25) is 0 Å². The van der Waals surface area contributed by atoms with E-state index in [0.29, 0.717) is 0 Å². The number of hydrogen-bond acceptors (Lipinski definition) is 2. The number of aryl methyl sites for hydroxylation is 2. The Morgan fingerprint density at radius 2 is 2.18 bits per heavy atom. The third-order valence-electron chi connectivity index (χ3n) is 3.55. The molecular formula is C15H23NO. The molecule has 0 fully saturated rings. The molecule has 1 aliphatic heterocycles. The number of nitrogens with zero attached hydrogens (tertiary/aromatic N) is 1. The van der Waals surface area contributed by atoms with E-state index in [0.717, 1.165) is 19.4 Å². The highest BCUT2D eigenvalue weighted by Gasteiger charge is 2.11. The molecule has 0 amide bonds. The fourth-order valence-electron chi connectivity index (χ4n) is 2.51. The van der Waals surface area contributed by atoms with Crippen LogP contribution in [0.4, 0.5) is 0 Å². The SMILES string of the molecule is CC(O)CCc1ccc2c(c1)CN(C)CCC2. The maximum Gasteiger partial charge on any atom is 0.0515 e. The molecule has 0 aliphatic carbocycles. The van der Waals surface area contributed by atoms with Crippen LogP contribution in [0, 0.1) is 0 Å². The zero-order valence-corrected chi connectivity index (χ0v) is 10.9. The second-order valence-corrected chi connectivity index (χ2v) is 5.33. The Kier molecular flexibility index (Phi) is 4.19. The second kappa shape index (κ2) is 5.65. The van der Waals surface area contributed by atoms with Crippen LogP contribution in [0.3, 0.4) is 0 Å². The zero-order valence-electron chi connectivity index (χ0n) is 10.9. The summed E-state index contributed by atoms with van der Waals surface area (Å²) in [5, 5.41) is 9.33. The average Bonchev–Trinajstić information content (AvgIpc) is 2.46. The van der Waals surface area contributed by atoms with Crippen LogP contribution in [0.15, 0.2) is 18.2 Å². The minimum Gasteiger partial charge on any atom is -0.393 e. The van der Waals surface area contributed by atoms with Crippen molar-refractivity contribution in [2.45, 2.75) is 45.3 Å². The van der Waals surface area contributed by atoms with Gasteiger partial charge in [0.05, 0.1) is 6.10 Å². The van der Waals surface area contributed by atoms with Crippen LogP contribution in [0.2, 0.25) is 0 Å². The van der Waals surface area contributed by atoms with Gasteiger partial charge in [0, 0.05) is 6.54 Å². The van der Waals surface area contributed by atoms with Crippen LogP contribution in [0.25, 0.3) is 0 Å². The van der Waals surface area contributed by atoms with Gasteiger partial charge < -0.3 is 10.0 Å². The first-order valence-corrected chi connectivity index (χ1v) is 6.62. The molecule has 1 atom stereocenters. The van der Waals surface area contributed by atoms with Crippen LogP contribution in [0.1, 0.15) is 36.5 Å². The molecule has 2 rings (SSSR count). The predicted octanol–water partition coefficient (Wildman–Crippen LogP) is 2.38. The molecule has 1 aliphatic rings. The molecule has 0 bridgehead atoms. The summed E-state index contributed by atoms with van der Waals surface area (Å²) in [6.45, 7) is 4.12. The Balaban J connectivity index is 2.11. The monoisotopic (exact) mass is 233 g/mol. The Bertz CT molecular complexity index is 373. The van der Waals surface area contributed by atoms with Gasteiger partial charge in [0.25, 0.3) is 0 Å². The number of aliphatic hydroxyl groups excluding tert-OH is 1. The van der Waals surface area contributed by atoms with Crippen molar-refractivity contribution in [1.29, 1.82) is 0 Å².